The Kier molecular flexibility index (Phi) is 2.36. The van der Waals surface area contributed by atoms with Crippen molar-refractivity contribution in [2.75, 3.05) is 6.61 Å². The van der Waals surface area contributed by atoms with Crippen molar-refractivity contribution in [1.82, 2.24) is 0 Å². The zero-order valence-corrected chi connectivity index (χ0v) is 8.58. The molecule has 0 spiro atoms. The molecule has 0 fully saturated rings. The first-order valence-corrected chi connectivity index (χ1v) is 4.98. The zero-order valence-electron chi connectivity index (χ0n) is 7.00. The number of hydrogen-bond acceptors (Lipinski definition) is 2. The molecule has 1 atom stereocenters. The molecule has 0 bridgehead atoms. The molecular formula is C10H9BrO2. The number of hydrogen-bond donors (Lipinski definition) is 0. The average molecular weight is 241 g/mol. The lowest BCUT2D eigenvalue weighted by atomic mass is 9.95. The molecule has 1 aliphatic heterocycles. The number of carbonyl (C=O) groups is 1. The smallest absolute Gasteiger partial charge is 0.127 e. The van der Waals surface area contributed by atoms with Crippen LogP contribution >= 0.6 is 15.9 Å². The van der Waals surface area contributed by atoms with Gasteiger partial charge >= 0.3 is 0 Å². The molecular weight excluding hydrogens is 232 g/mol. The maximum atomic E-state index is 10.7. The van der Waals surface area contributed by atoms with E-state index >= 15 is 0 Å². The van der Waals surface area contributed by atoms with Gasteiger partial charge in [-0.15, -0.1) is 0 Å². The Bertz CT molecular complexity index is 336. The molecule has 0 aromatic heterocycles. The lowest BCUT2D eigenvalue weighted by Crippen LogP contribution is -2.14. The predicted octanol–water partition coefficient (Wildman–Crippen LogP) is 2.51. The summed E-state index contributed by atoms with van der Waals surface area (Å²) in [5, 5.41) is 0. The van der Waals surface area contributed by atoms with Crippen molar-refractivity contribution in [1.29, 1.82) is 0 Å². The minimum atomic E-state index is 0.0110. The third-order valence-electron chi connectivity index (χ3n) is 2.23. The molecule has 2 rings (SSSR count). The van der Waals surface area contributed by atoms with Gasteiger partial charge in [-0.1, -0.05) is 22.0 Å². The molecule has 1 aliphatic rings. The fourth-order valence-electron chi connectivity index (χ4n) is 1.53. The Balaban J connectivity index is 2.45. The molecule has 0 amide bonds. The molecule has 2 nitrogen and oxygen atoms in total. The zero-order chi connectivity index (χ0) is 9.26. The van der Waals surface area contributed by atoms with Crippen LogP contribution in [0.2, 0.25) is 0 Å². The Labute approximate surface area is 85.0 Å². The van der Waals surface area contributed by atoms with Crippen molar-refractivity contribution in [2.45, 2.75) is 12.3 Å². The van der Waals surface area contributed by atoms with E-state index < -0.39 is 0 Å². The molecule has 1 heterocycles. The van der Waals surface area contributed by atoms with E-state index in [-0.39, 0.29) is 5.92 Å². The number of rotatable bonds is 1. The second kappa shape index (κ2) is 3.50. The summed E-state index contributed by atoms with van der Waals surface area (Å²) in [7, 11) is 0. The predicted molar refractivity (Wildman–Crippen MR) is 53.1 cm³/mol. The van der Waals surface area contributed by atoms with Gasteiger partial charge in [0, 0.05) is 16.0 Å². The highest BCUT2D eigenvalue weighted by molar-refractivity contribution is 9.10. The minimum absolute atomic E-state index is 0.0110. The summed E-state index contributed by atoms with van der Waals surface area (Å²) in [6, 6.07) is 5.78. The Morgan fingerprint density at radius 2 is 2.38 bits per heavy atom. The van der Waals surface area contributed by atoms with E-state index in [1.165, 1.54) is 0 Å². The summed E-state index contributed by atoms with van der Waals surface area (Å²) in [5.74, 6) is 0.842. The summed E-state index contributed by atoms with van der Waals surface area (Å²) in [4.78, 5) is 10.7. The van der Waals surface area contributed by atoms with Crippen molar-refractivity contribution < 1.29 is 9.53 Å². The number of ether oxygens (including phenoxy) is 1. The summed E-state index contributed by atoms with van der Waals surface area (Å²) in [5.41, 5.74) is 1.00. The van der Waals surface area contributed by atoms with E-state index in [4.69, 9.17) is 4.74 Å². The van der Waals surface area contributed by atoms with Crippen molar-refractivity contribution in [3.63, 3.8) is 0 Å². The van der Waals surface area contributed by atoms with E-state index in [0.29, 0.717) is 6.61 Å². The number of fused-ring (bicyclic) bond motifs is 1. The van der Waals surface area contributed by atoms with Crippen molar-refractivity contribution in [3.8, 4) is 5.75 Å². The first-order valence-electron chi connectivity index (χ1n) is 4.19. The van der Waals surface area contributed by atoms with Gasteiger partial charge in [0.1, 0.15) is 12.0 Å². The Morgan fingerprint density at radius 3 is 3.15 bits per heavy atom. The first-order chi connectivity index (χ1) is 6.31. The number of benzene rings is 1. The van der Waals surface area contributed by atoms with E-state index in [2.05, 4.69) is 15.9 Å². The minimum Gasteiger partial charge on any atom is -0.493 e. The average Bonchev–Trinajstić information content (AvgIpc) is 2.16. The van der Waals surface area contributed by atoms with Crippen LogP contribution in [0.3, 0.4) is 0 Å². The number of carbonyl (C=O) groups excluding carboxylic acids is 1. The Morgan fingerprint density at radius 1 is 1.54 bits per heavy atom. The van der Waals surface area contributed by atoms with Crippen LogP contribution in [0.5, 0.6) is 5.75 Å². The fourth-order valence-corrected chi connectivity index (χ4v) is 1.87. The van der Waals surface area contributed by atoms with Crippen molar-refractivity contribution in [3.05, 3.63) is 28.2 Å². The number of halogens is 1. The maximum Gasteiger partial charge on any atom is 0.127 e. The molecule has 1 aromatic rings. The standard InChI is InChI=1S/C10H9BrO2/c11-8-1-2-9-7(6-12)3-4-13-10(9)5-8/h1-2,5-7H,3-4H2/t7-/m0/s1. The summed E-state index contributed by atoms with van der Waals surface area (Å²) < 4.78 is 6.43. The lowest BCUT2D eigenvalue weighted by Gasteiger charge is -2.21. The largest absolute Gasteiger partial charge is 0.493 e. The molecule has 0 saturated carbocycles. The Hall–Kier alpha value is -0.830. The van der Waals surface area contributed by atoms with Gasteiger partial charge in [-0.3, -0.25) is 0 Å². The summed E-state index contributed by atoms with van der Waals surface area (Å²) in [6.45, 7) is 0.632. The van der Waals surface area contributed by atoms with Gasteiger partial charge in [-0.05, 0) is 18.6 Å². The van der Waals surface area contributed by atoms with E-state index in [1.54, 1.807) is 0 Å². The summed E-state index contributed by atoms with van der Waals surface area (Å²) >= 11 is 3.36. The molecule has 0 saturated heterocycles. The van der Waals surface area contributed by atoms with Gasteiger partial charge < -0.3 is 9.53 Å². The highest BCUT2D eigenvalue weighted by atomic mass is 79.9. The quantitative estimate of drug-likeness (QED) is 0.706. The van der Waals surface area contributed by atoms with E-state index in [0.717, 1.165) is 28.5 Å². The molecule has 0 radical (unpaired) electrons. The highest BCUT2D eigenvalue weighted by Gasteiger charge is 2.20. The van der Waals surface area contributed by atoms with Crippen LogP contribution < -0.4 is 4.74 Å². The van der Waals surface area contributed by atoms with Gasteiger partial charge in [0.25, 0.3) is 0 Å². The second-order valence-corrected chi connectivity index (χ2v) is 3.98. The van der Waals surface area contributed by atoms with E-state index in [1.807, 2.05) is 18.2 Å². The van der Waals surface area contributed by atoms with Crippen LogP contribution in [-0.2, 0) is 4.79 Å². The maximum absolute atomic E-state index is 10.7. The molecule has 0 aliphatic carbocycles. The van der Waals surface area contributed by atoms with Crippen LogP contribution in [0.25, 0.3) is 0 Å². The van der Waals surface area contributed by atoms with Crippen LogP contribution in [0.15, 0.2) is 22.7 Å². The van der Waals surface area contributed by atoms with Gasteiger partial charge in [0.2, 0.25) is 0 Å². The highest BCUT2D eigenvalue weighted by Crippen LogP contribution is 2.34. The molecule has 3 heteroatoms. The summed E-state index contributed by atoms with van der Waals surface area (Å²) in [6.07, 6.45) is 1.79. The van der Waals surface area contributed by atoms with Crippen LogP contribution in [0.4, 0.5) is 0 Å². The molecule has 1 aromatic carbocycles. The normalized spacial score (nSPS) is 20.2. The van der Waals surface area contributed by atoms with Crippen molar-refractivity contribution in [2.24, 2.45) is 0 Å². The molecule has 0 unspecified atom stereocenters. The topological polar surface area (TPSA) is 26.3 Å². The van der Waals surface area contributed by atoms with Gasteiger partial charge in [-0.2, -0.15) is 0 Å². The lowest BCUT2D eigenvalue weighted by molar-refractivity contribution is -0.109. The fraction of sp³-hybridized carbons (Fsp3) is 0.300. The van der Waals surface area contributed by atoms with Crippen molar-refractivity contribution >= 4 is 22.2 Å². The molecule has 13 heavy (non-hydrogen) atoms. The number of aldehydes is 1. The van der Waals surface area contributed by atoms with Gasteiger partial charge in [-0.25, -0.2) is 0 Å². The van der Waals surface area contributed by atoms with Crippen LogP contribution in [0.1, 0.15) is 17.9 Å². The van der Waals surface area contributed by atoms with E-state index in [9.17, 15) is 4.79 Å². The third-order valence-corrected chi connectivity index (χ3v) is 2.72. The first kappa shape index (κ1) is 8.75. The molecule has 0 N–H and O–H groups in total. The van der Waals surface area contributed by atoms with Gasteiger partial charge in [0.05, 0.1) is 6.61 Å². The van der Waals surface area contributed by atoms with Crippen LogP contribution in [-0.4, -0.2) is 12.9 Å². The van der Waals surface area contributed by atoms with Gasteiger partial charge in [0.15, 0.2) is 0 Å². The molecule has 68 valence electrons. The second-order valence-electron chi connectivity index (χ2n) is 3.06. The van der Waals surface area contributed by atoms with Crippen LogP contribution in [0, 0.1) is 0 Å². The monoisotopic (exact) mass is 240 g/mol. The third kappa shape index (κ3) is 1.61. The SMILES string of the molecule is O=C[C@@H]1CCOc2cc(Br)ccc21.